The molecular formula is C27H24BrNO6. The molecule has 5 rings (SSSR count). The van der Waals surface area contributed by atoms with Crippen LogP contribution in [0.3, 0.4) is 0 Å². The molecule has 0 saturated heterocycles. The lowest BCUT2D eigenvalue weighted by atomic mass is 10.0. The molecule has 8 heteroatoms. The van der Waals surface area contributed by atoms with Crippen LogP contribution >= 0.6 is 15.9 Å². The summed E-state index contributed by atoms with van der Waals surface area (Å²) in [5, 5.41) is 0. The number of methoxy groups -OCH3 is 3. The molecule has 0 saturated carbocycles. The van der Waals surface area contributed by atoms with E-state index in [2.05, 4.69) is 20.8 Å². The summed E-state index contributed by atoms with van der Waals surface area (Å²) in [4.78, 5) is 15.3. The third kappa shape index (κ3) is 4.47. The van der Waals surface area contributed by atoms with Gasteiger partial charge in [-0.25, -0.2) is 0 Å². The molecule has 3 aromatic rings. The quantitative estimate of drug-likeness (QED) is 0.387. The molecule has 0 aromatic heterocycles. The fraction of sp³-hybridized carbons (Fsp3) is 0.222. The Bertz CT molecular complexity index is 1340. The maximum atomic E-state index is 13.1. The summed E-state index contributed by atoms with van der Waals surface area (Å²) >= 11 is 3.47. The molecule has 0 bridgehead atoms. The molecule has 7 nitrogen and oxygen atoms in total. The van der Waals surface area contributed by atoms with E-state index >= 15 is 0 Å². The van der Waals surface area contributed by atoms with Crippen molar-refractivity contribution in [1.29, 1.82) is 0 Å². The number of nitrogens with zero attached hydrogens (tertiary/aromatic N) is 1. The van der Waals surface area contributed by atoms with Gasteiger partial charge in [0.05, 0.1) is 32.5 Å². The number of hydrogen-bond donors (Lipinski definition) is 0. The first-order valence-electron chi connectivity index (χ1n) is 11.0. The maximum Gasteiger partial charge on any atom is 0.231 e. The molecule has 0 aliphatic carbocycles. The Balaban J connectivity index is 1.41. The highest BCUT2D eigenvalue weighted by Gasteiger charge is 2.34. The predicted octanol–water partition coefficient (Wildman–Crippen LogP) is 5.44. The van der Waals surface area contributed by atoms with E-state index in [4.69, 9.17) is 23.7 Å². The molecule has 0 atom stereocenters. The van der Waals surface area contributed by atoms with Crippen molar-refractivity contribution in [3.8, 4) is 28.7 Å². The molecule has 0 fully saturated rings. The van der Waals surface area contributed by atoms with E-state index < -0.39 is 0 Å². The molecule has 2 aliphatic rings. The zero-order valence-corrected chi connectivity index (χ0v) is 21.2. The number of ether oxygens (including phenoxy) is 5. The van der Waals surface area contributed by atoms with Crippen molar-refractivity contribution in [3.63, 3.8) is 0 Å². The van der Waals surface area contributed by atoms with Gasteiger partial charge in [-0.3, -0.25) is 9.69 Å². The summed E-state index contributed by atoms with van der Waals surface area (Å²) in [7, 11) is 4.83. The number of allylic oxidation sites excluding steroid dienone is 1. The van der Waals surface area contributed by atoms with E-state index in [1.165, 1.54) is 0 Å². The van der Waals surface area contributed by atoms with E-state index in [1.807, 2.05) is 42.5 Å². The average Bonchev–Trinajstić information content (AvgIpc) is 3.19. The van der Waals surface area contributed by atoms with Gasteiger partial charge in [0.1, 0.15) is 24.0 Å². The number of halogens is 1. The van der Waals surface area contributed by atoms with Crippen LogP contribution in [0.4, 0.5) is 0 Å². The van der Waals surface area contributed by atoms with Crippen LogP contribution in [0.25, 0.3) is 6.08 Å². The van der Waals surface area contributed by atoms with Gasteiger partial charge in [0.25, 0.3) is 0 Å². The van der Waals surface area contributed by atoms with Crippen LogP contribution in [0.2, 0.25) is 0 Å². The van der Waals surface area contributed by atoms with Gasteiger partial charge in [0, 0.05) is 23.1 Å². The second-order valence-corrected chi connectivity index (χ2v) is 9.11. The minimum Gasteiger partial charge on any atom is -0.496 e. The van der Waals surface area contributed by atoms with Crippen molar-refractivity contribution in [2.24, 2.45) is 0 Å². The summed E-state index contributed by atoms with van der Waals surface area (Å²) in [5.74, 6) is 3.37. The van der Waals surface area contributed by atoms with Gasteiger partial charge in [0.15, 0.2) is 17.3 Å². The monoisotopic (exact) mass is 537 g/mol. The fourth-order valence-corrected chi connectivity index (χ4v) is 4.68. The van der Waals surface area contributed by atoms with E-state index in [0.29, 0.717) is 48.4 Å². The van der Waals surface area contributed by atoms with Crippen molar-refractivity contribution < 1.29 is 28.5 Å². The number of Topliss-reactive ketones (excluding diaryl/α,β-unsaturated/α-hetero) is 1. The molecule has 180 valence electrons. The first kappa shape index (κ1) is 23.3. The van der Waals surface area contributed by atoms with Gasteiger partial charge in [-0.05, 0) is 54.1 Å². The first-order chi connectivity index (χ1) is 17.0. The molecule has 0 unspecified atom stereocenters. The predicted molar refractivity (Wildman–Crippen MR) is 134 cm³/mol. The Morgan fingerprint density at radius 3 is 2.51 bits per heavy atom. The summed E-state index contributed by atoms with van der Waals surface area (Å²) in [6, 6.07) is 15.0. The fourth-order valence-electron chi connectivity index (χ4n) is 4.30. The number of carbonyl (C=O) groups excluding carboxylic acids is 1. The topological polar surface area (TPSA) is 66.5 Å². The number of ketones is 1. The van der Waals surface area contributed by atoms with Gasteiger partial charge in [-0.15, -0.1) is 0 Å². The largest absolute Gasteiger partial charge is 0.496 e. The summed E-state index contributed by atoms with van der Waals surface area (Å²) in [6.45, 7) is 1.63. The lowest BCUT2D eigenvalue weighted by Crippen LogP contribution is -2.31. The molecule has 0 radical (unpaired) electrons. The molecule has 0 amide bonds. The Morgan fingerprint density at radius 1 is 0.971 bits per heavy atom. The molecule has 2 heterocycles. The number of fused-ring (bicyclic) bond motifs is 3. The van der Waals surface area contributed by atoms with Crippen LogP contribution in [-0.2, 0) is 13.1 Å². The normalized spacial score (nSPS) is 15.8. The van der Waals surface area contributed by atoms with Gasteiger partial charge in [-0.1, -0.05) is 22.0 Å². The van der Waals surface area contributed by atoms with Crippen molar-refractivity contribution in [2.45, 2.75) is 13.1 Å². The second kappa shape index (κ2) is 9.64. The SMILES string of the molecule is COc1ccc(Br)cc1/C=C1\Oc2c(ccc3c2CN(Cc2ccc(OC)c(OC)c2)CO3)C1=O. The van der Waals surface area contributed by atoms with Crippen molar-refractivity contribution in [1.82, 2.24) is 4.90 Å². The molecule has 3 aromatic carbocycles. The zero-order chi connectivity index (χ0) is 24.5. The number of benzene rings is 3. The van der Waals surface area contributed by atoms with Crippen LogP contribution in [-0.4, -0.2) is 38.7 Å². The smallest absolute Gasteiger partial charge is 0.231 e. The Labute approximate surface area is 211 Å². The minimum absolute atomic E-state index is 0.165. The van der Waals surface area contributed by atoms with Gasteiger partial charge >= 0.3 is 0 Å². The number of carbonyl (C=O) groups is 1. The summed E-state index contributed by atoms with van der Waals surface area (Å²) in [6.07, 6.45) is 1.71. The molecule has 0 N–H and O–H groups in total. The zero-order valence-electron chi connectivity index (χ0n) is 19.6. The molecule has 35 heavy (non-hydrogen) atoms. The Hall–Kier alpha value is -3.49. The standard InChI is InChI=1S/C27H24BrNO6/c1-31-21-8-5-18(28)11-17(21)12-25-26(30)19-6-9-22-20(27(19)35-25)14-29(15-34-22)13-16-4-7-23(32-2)24(10-16)33-3/h4-12H,13-15H2,1-3H3/b25-12-. The number of rotatable bonds is 6. The summed E-state index contributed by atoms with van der Waals surface area (Å²) in [5.41, 5.74) is 3.19. The third-order valence-corrected chi connectivity index (χ3v) is 6.51. The average molecular weight is 538 g/mol. The van der Waals surface area contributed by atoms with Crippen LogP contribution in [0, 0.1) is 0 Å². The summed E-state index contributed by atoms with van der Waals surface area (Å²) < 4.78 is 29.2. The molecule has 2 aliphatic heterocycles. The highest BCUT2D eigenvalue weighted by Crippen LogP contribution is 2.43. The second-order valence-electron chi connectivity index (χ2n) is 8.19. The lowest BCUT2D eigenvalue weighted by Gasteiger charge is -2.29. The van der Waals surface area contributed by atoms with Crippen molar-refractivity contribution in [2.75, 3.05) is 28.1 Å². The third-order valence-electron chi connectivity index (χ3n) is 6.01. The van der Waals surface area contributed by atoms with Gasteiger partial charge in [0.2, 0.25) is 5.78 Å². The van der Waals surface area contributed by atoms with Crippen LogP contribution in [0.15, 0.2) is 58.8 Å². The van der Waals surface area contributed by atoms with Crippen molar-refractivity contribution >= 4 is 27.8 Å². The minimum atomic E-state index is -0.165. The first-order valence-corrected chi connectivity index (χ1v) is 11.8. The van der Waals surface area contributed by atoms with Gasteiger partial charge < -0.3 is 23.7 Å². The van der Waals surface area contributed by atoms with E-state index in [-0.39, 0.29) is 11.5 Å². The Morgan fingerprint density at radius 2 is 1.74 bits per heavy atom. The van der Waals surface area contributed by atoms with E-state index in [9.17, 15) is 4.79 Å². The number of hydrogen-bond acceptors (Lipinski definition) is 7. The highest BCUT2D eigenvalue weighted by molar-refractivity contribution is 9.10. The lowest BCUT2D eigenvalue weighted by molar-refractivity contribution is 0.0872. The van der Waals surface area contributed by atoms with Crippen LogP contribution in [0.5, 0.6) is 28.7 Å². The van der Waals surface area contributed by atoms with Gasteiger partial charge in [-0.2, -0.15) is 0 Å². The maximum absolute atomic E-state index is 13.1. The van der Waals surface area contributed by atoms with Crippen molar-refractivity contribution in [3.05, 3.63) is 81.0 Å². The van der Waals surface area contributed by atoms with E-state index in [1.54, 1.807) is 33.5 Å². The highest BCUT2D eigenvalue weighted by atomic mass is 79.9. The van der Waals surface area contributed by atoms with Crippen LogP contribution < -0.4 is 23.7 Å². The molecule has 0 spiro atoms. The molecular weight excluding hydrogens is 514 g/mol. The van der Waals surface area contributed by atoms with Crippen LogP contribution in [0.1, 0.15) is 27.0 Å². The Kier molecular flexibility index (Phi) is 6.40. The van der Waals surface area contributed by atoms with E-state index in [0.717, 1.165) is 26.9 Å².